The second-order valence-electron chi connectivity index (χ2n) is 14.0. The molecule has 0 saturated heterocycles. The molecule has 248 valence electrons. The molecule has 0 radical (unpaired) electrons. The summed E-state index contributed by atoms with van der Waals surface area (Å²) in [6.07, 6.45) is 13.0. The van der Waals surface area contributed by atoms with Gasteiger partial charge in [0.25, 0.3) is 0 Å². The number of aromatic nitrogens is 1. The standard InChI is InChI=1S/C50H38N2/c1-2-12-35(13-3-1)37-22-28-41(29-23-37)51(43-32-24-36-14-4-5-16-40(36)34-43)42-30-25-39(26-31-42)44-17-8-10-20-47(44)52-48-21-11-9-19-46(48)50-45-18-7-6-15-38(45)27-33-49(50)52/h1-3,5-13,15-23,25-34,36H,4,14,24H2. The maximum Gasteiger partial charge on any atom is 0.0547 e. The van der Waals surface area contributed by atoms with E-state index < -0.39 is 0 Å². The highest BCUT2D eigenvalue weighted by Gasteiger charge is 2.23. The van der Waals surface area contributed by atoms with Crippen molar-refractivity contribution in [3.05, 3.63) is 199 Å². The number of allylic oxidation sites excluding steroid dienone is 5. The molecular weight excluding hydrogens is 629 g/mol. The Labute approximate surface area is 304 Å². The van der Waals surface area contributed by atoms with Crippen LogP contribution in [0.1, 0.15) is 19.3 Å². The average molecular weight is 667 g/mol. The second-order valence-corrected chi connectivity index (χ2v) is 14.0. The number of rotatable bonds is 6. The van der Waals surface area contributed by atoms with Gasteiger partial charge in [0.2, 0.25) is 0 Å². The van der Waals surface area contributed by atoms with Gasteiger partial charge in [-0.1, -0.05) is 140 Å². The Morgan fingerprint density at radius 1 is 0.538 bits per heavy atom. The van der Waals surface area contributed by atoms with Gasteiger partial charge in [0.05, 0.1) is 16.7 Å². The number of hydrogen-bond acceptors (Lipinski definition) is 1. The van der Waals surface area contributed by atoms with Gasteiger partial charge >= 0.3 is 0 Å². The number of para-hydroxylation sites is 2. The molecule has 0 saturated carbocycles. The first-order valence-corrected chi connectivity index (χ1v) is 18.4. The van der Waals surface area contributed by atoms with E-state index in [1.54, 1.807) is 0 Å². The van der Waals surface area contributed by atoms with Crippen molar-refractivity contribution >= 4 is 44.0 Å². The van der Waals surface area contributed by atoms with Gasteiger partial charge in [0.15, 0.2) is 0 Å². The fourth-order valence-electron chi connectivity index (χ4n) is 8.47. The van der Waals surface area contributed by atoms with Crippen LogP contribution in [-0.2, 0) is 0 Å². The molecule has 0 spiro atoms. The van der Waals surface area contributed by atoms with Gasteiger partial charge in [0, 0.05) is 33.4 Å². The number of nitrogens with zero attached hydrogens (tertiary/aromatic N) is 2. The maximum absolute atomic E-state index is 2.45. The number of fused-ring (bicyclic) bond motifs is 6. The minimum Gasteiger partial charge on any atom is -0.311 e. The van der Waals surface area contributed by atoms with E-state index in [4.69, 9.17) is 0 Å². The van der Waals surface area contributed by atoms with Crippen molar-refractivity contribution in [3.8, 4) is 27.9 Å². The van der Waals surface area contributed by atoms with Crippen molar-refractivity contribution in [3.63, 3.8) is 0 Å². The Morgan fingerprint density at radius 2 is 1.21 bits per heavy atom. The molecule has 0 fully saturated rings. The van der Waals surface area contributed by atoms with Crippen LogP contribution in [0.4, 0.5) is 11.4 Å². The van der Waals surface area contributed by atoms with Crippen LogP contribution in [0.15, 0.2) is 199 Å². The second kappa shape index (κ2) is 12.7. The summed E-state index contributed by atoms with van der Waals surface area (Å²) in [7, 11) is 0. The van der Waals surface area contributed by atoms with E-state index in [1.807, 2.05) is 0 Å². The van der Waals surface area contributed by atoms with Crippen LogP contribution in [0.3, 0.4) is 0 Å². The first-order valence-electron chi connectivity index (χ1n) is 18.4. The monoisotopic (exact) mass is 666 g/mol. The summed E-state index contributed by atoms with van der Waals surface area (Å²) in [6.45, 7) is 0. The molecule has 2 nitrogen and oxygen atoms in total. The van der Waals surface area contributed by atoms with E-state index in [1.165, 1.54) is 84.6 Å². The molecule has 0 N–H and O–H groups in total. The van der Waals surface area contributed by atoms with Crippen molar-refractivity contribution in [1.29, 1.82) is 0 Å². The predicted molar refractivity (Wildman–Crippen MR) is 220 cm³/mol. The predicted octanol–water partition coefficient (Wildman–Crippen LogP) is 13.6. The maximum atomic E-state index is 2.45. The van der Waals surface area contributed by atoms with Gasteiger partial charge in [0.1, 0.15) is 0 Å². The van der Waals surface area contributed by atoms with E-state index >= 15 is 0 Å². The van der Waals surface area contributed by atoms with Crippen LogP contribution in [0.25, 0.3) is 60.5 Å². The van der Waals surface area contributed by atoms with E-state index in [0.717, 1.165) is 17.8 Å². The fourth-order valence-corrected chi connectivity index (χ4v) is 8.47. The molecule has 0 aliphatic heterocycles. The van der Waals surface area contributed by atoms with Crippen molar-refractivity contribution in [1.82, 2.24) is 4.57 Å². The third-order valence-corrected chi connectivity index (χ3v) is 11.0. The van der Waals surface area contributed by atoms with Crippen LogP contribution < -0.4 is 4.90 Å². The van der Waals surface area contributed by atoms with E-state index in [0.29, 0.717) is 5.92 Å². The zero-order valence-electron chi connectivity index (χ0n) is 29.0. The van der Waals surface area contributed by atoms with Crippen molar-refractivity contribution in [2.75, 3.05) is 4.90 Å². The zero-order chi connectivity index (χ0) is 34.4. The normalized spacial score (nSPS) is 15.4. The number of hydrogen-bond donors (Lipinski definition) is 0. The van der Waals surface area contributed by atoms with E-state index in [-0.39, 0.29) is 0 Å². The Bertz CT molecular complexity index is 2690. The van der Waals surface area contributed by atoms with Crippen LogP contribution in [0.5, 0.6) is 0 Å². The molecule has 0 amide bonds. The molecule has 2 aliphatic rings. The minimum atomic E-state index is 0.619. The first kappa shape index (κ1) is 30.4. The number of benzene rings is 7. The Kier molecular flexibility index (Phi) is 7.46. The summed E-state index contributed by atoms with van der Waals surface area (Å²) in [4.78, 5) is 2.42. The van der Waals surface area contributed by atoms with Gasteiger partial charge < -0.3 is 9.47 Å². The highest BCUT2D eigenvalue weighted by Crippen LogP contribution is 2.42. The van der Waals surface area contributed by atoms with Gasteiger partial charge in [-0.2, -0.15) is 0 Å². The van der Waals surface area contributed by atoms with Gasteiger partial charge in [-0.3, -0.25) is 0 Å². The SMILES string of the molecule is C1=CC2=CC(N(c3ccc(-c4ccccc4)cc3)c3ccc(-c4ccccc4-n4c5ccccc5c5c6ccccc6ccc54)cc3)=CCC2CC1. The largest absolute Gasteiger partial charge is 0.311 e. The fraction of sp³-hybridized carbons (Fsp3) is 0.0800. The molecular formula is C50H38N2. The molecule has 0 bridgehead atoms. The highest BCUT2D eigenvalue weighted by atomic mass is 15.1. The highest BCUT2D eigenvalue weighted by molar-refractivity contribution is 6.21. The third-order valence-electron chi connectivity index (χ3n) is 11.0. The summed E-state index contributed by atoms with van der Waals surface area (Å²) in [5.74, 6) is 0.619. The van der Waals surface area contributed by atoms with Gasteiger partial charge in [-0.05, 0) is 107 Å². The molecule has 10 rings (SSSR count). The molecule has 1 aromatic heterocycles. The Balaban J connectivity index is 1.08. The van der Waals surface area contributed by atoms with Crippen LogP contribution in [-0.4, -0.2) is 4.57 Å². The van der Waals surface area contributed by atoms with Crippen molar-refractivity contribution in [2.45, 2.75) is 19.3 Å². The van der Waals surface area contributed by atoms with Gasteiger partial charge in [-0.15, -0.1) is 0 Å². The molecule has 8 aromatic rings. The Morgan fingerprint density at radius 3 is 2.04 bits per heavy atom. The van der Waals surface area contributed by atoms with Crippen molar-refractivity contribution in [2.24, 2.45) is 5.92 Å². The minimum absolute atomic E-state index is 0.619. The van der Waals surface area contributed by atoms with Crippen LogP contribution in [0.2, 0.25) is 0 Å². The summed E-state index contributed by atoms with van der Waals surface area (Å²) in [5, 5.41) is 5.13. The molecule has 2 heteroatoms. The van der Waals surface area contributed by atoms with E-state index in [2.05, 4.69) is 198 Å². The first-order chi connectivity index (χ1) is 25.8. The molecule has 1 unspecified atom stereocenters. The summed E-state index contributed by atoms with van der Waals surface area (Å²) in [6, 6.07) is 59.8. The van der Waals surface area contributed by atoms with E-state index in [9.17, 15) is 0 Å². The lowest BCUT2D eigenvalue weighted by Crippen LogP contribution is -2.20. The van der Waals surface area contributed by atoms with Crippen LogP contribution in [0, 0.1) is 5.92 Å². The Hall–Kier alpha value is -6.38. The average Bonchev–Trinajstić information content (AvgIpc) is 3.56. The summed E-state index contributed by atoms with van der Waals surface area (Å²) in [5.41, 5.74) is 13.5. The molecule has 1 heterocycles. The summed E-state index contributed by atoms with van der Waals surface area (Å²) >= 11 is 0. The molecule has 1 atom stereocenters. The quantitative estimate of drug-likeness (QED) is 0.171. The lowest BCUT2D eigenvalue weighted by Gasteiger charge is -2.32. The van der Waals surface area contributed by atoms with Crippen molar-refractivity contribution < 1.29 is 0 Å². The zero-order valence-corrected chi connectivity index (χ0v) is 29.0. The smallest absolute Gasteiger partial charge is 0.0547 e. The third kappa shape index (κ3) is 5.18. The topological polar surface area (TPSA) is 8.17 Å². The lowest BCUT2D eigenvalue weighted by atomic mass is 9.83. The number of anilines is 2. The summed E-state index contributed by atoms with van der Waals surface area (Å²) < 4.78 is 2.45. The molecule has 2 aliphatic carbocycles. The van der Waals surface area contributed by atoms with Gasteiger partial charge in [-0.25, -0.2) is 0 Å². The lowest BCUT2D eigenvalue weighted by molar-refractivity contribution is 0.562. The molecule has 7 aromatic carbocycles. The van der Waals surface area contributed by atoms with Crippen LogP contribution >= 0.6 is 0 Å². The molecule has 52 heavy (non-hydrogen) atoms.